The molecule has 0 bridgehead atoms. The molecule has 0 aliphatic heterocycles. The van der Waals surface area contributed by atoms with Crippen molar-refractivity contribution in [2.45, 2.75) is 6.17 Å². The first-order valence-electron chi connectivity index (χ1n) is 1.48. The Balaban J connectivity index is 0. The maximum Gasteiger partial charge on any atom is 0.0647 e. The third-order valence-electron chi connectivity index (χ3n) is 0.272. The van der Waals surface area contributed by atoms with Crippen LogP contribution in [0.2, 0.25) is 0 Å². The molecule has 0 saturated carbocycles. The van der Waals surface area contributed by atoms with Gasteiger partial charge in [-0.15, -0.1) is 0 Å². The topological polar surface area (TPSA) is 113 Å². The Morgan fingerprint density at radius 1 is 1.33 bits per heavy atom. The van der Waals surface area contributed by atoms with Gasteiger partial charge in [0.25, 0.3) is 0 Å². The van der Waals surface area contributed by atoms with Crippen molar-refractivity contribution in [2.75, 3.05) is 6.54 Å². The van der Waals surface area contributed by atoms with Crippen LogP contribution in [0.5, 0.6) is 0 Å². The second-order valence-corrected chi connectivity index (χ2v) is 0.900. The molecular formula is C2H12N4. The monoisotopic (exact) mass is 92.1 g/mol. The summed E-state index contributed by atoms with van der Waals surface area (Å²) in [4.78, 5) is 0. The van der Waals surface area contributed by atoms with Gasteiger partial charge in [-0.05, 0) is 0 Å². The van der Waals surface area contributed by atoms with Gasteiger partial charge in [0, 0.05) is 6.54 Å². The van der Waals surface area contributed by atoms with Gasteiger partial charge < -0.3 is 23.4 Å². The fourth-order valence-electron chi connectivity index (χ4n) is 0. The Bertz CT molecular complexity index is 19.5. The van der Waals surface area contributed by atoms with E-state index < -0.39 is 0 Å². The molecule has 0 aliphatic carbocycles. The number of rotatable bonds is 1. The summed E-state index contributed by atoms with van der Waals surface area (Å²) in [5.74, 6) is 0. The Hall–Kier alpha value is -0.160. The Labute approximate surface area is 37.3 Å². The average molecular weight is 92.1 g/mol. The van der Waals surface area contributed by atoms with Crippen LogP contribution in [0.4, 0.5) is 0 Å². The molecule has 0 heterocycles. The first-order chi connectivity index (χ1) is 2.27. The van der Waals surface area contributed by atoms with E-state index in [1.165, 1.54) is 0 Å². The fraction of sp³-hybridized carbons (Fsp3) is 1.00. The molecule has 0 aromatic carbocycles. The van der Waals surface area contributed by atoms with Gasteiger partial charge in [0.05, 0.1) is 6.17 Å². The second kappa shape index (κ2) is 4.84. The van der Waals surface area contributed by atoms with Gasteiger partial charge >= 0.3 is 0 Å². The molecule has 0 aromatic heterocycles. The summed E-state index contributed by atoms with van der Waals surface area (Å²) in [6.07, 6.45) is -0.338. The molecule has 0 spiro atoms. The first kappa shape index (κ1) is 9.28. The minimum absolute atomic E-state index is 0. The van der Waals surface area contributed by atoms with Gasteiger partial charge in [0.2, 0.25) is 0 Å². The van der Waals surface area contributed by atoms with Crippen molar-refractivity contribution in [1.82, 2.24) is 6.15 Å². The van der Waals surface area contributed by atoms with Gasteiger partial charge in [0.1, 0.15) is 0 Å². The van der Waals surface area contributed by atoms with Crippen molar-refractivity contribution in [1.29, 1.82) is 0 Å². The van der Waals surface area contributed by atoms with Crippen LogP contribution in [-0.4, -0.2) is 12.7 Å². The summed E-state index contributed by atoms with van der Waals surface area (Å²) in [7, 11) is 0. The molecular weight excluding hydrogens is 80.1 g/mol. The van der Waals surface area contributed by atoms with E-state index in [0.717, 1.165) is 0 Å². The fourth-order valence-corrected chi connectivity index (χ4v) is 0. The van der Waals surface area contributed by atoms with Crippen LogP contribution in [0.1, 0.15) is 0 Å². The van der Waals surface area contributed by atoms with Gasteiger partial charge in [0.15, 0.2) is 0 Å². The molecule has 9 N–H and O–H groups in total. The lowest BCUT2D eigenvalue weighted by Gasteiger charge is -1.93. The second-order valence-electron chi connectivity index (χ2n) is 0.900. The molecule has 0 amide bonds. The van der Waals surface area contributed by atoms with Gasteiger partial charge in [-0.25, -0.2) is 0 Å². The van der Waals surface area contributed by atoms with Crippen LogP contribution in [-0.2, 0) is 0 Å². The lowest BCUT2D eigenvalue weighted by atomic mass is 10.6. The highest BCUT2D eigenvalue weighted by Gasteiger charge is 1.79. The summed E-state index contributed by atoms with van der Waals surface area (Å²) in [6, 6.07) is 0. The van der Waals surface area contributed by atoms with Crippen LogP contribution in [0.25, 0.3) is 0 Å². The number of nitrogens with two attached hydrogens (primary N) is 3. The third-order valence-corrected chi connectivity index (χ3v) is 0.272. The Kier molecular flexibility index (Phi) is 7.48. The first-order valence-corrected chi connectivity index (χ1v) is 1.48. The van der Waals surface area contributed by atoms with Crippen LogP contribution >= 0.6 is 0 Å². The summed E-state index contributed by atoms with van der Waals surface area (Å²) >= 11 is 0. The molecule has 0 unspecified atom stereocenters. The van der Waals surface area contributed by atoms with Crippen molar-refractivity contribution >= 4 is 0 Å². The van der Waals surface area contributed by atoms with Gasteiger partial charge in [-0.2, -0.15) is 0 Å². The molecule has 0 fully saturated rings. The predicted octanol–water partition coefficient (Wildman–Crippen LogP) is -1.65. The lowest BCUT2D eigenvalue weighted by molar-refractivity contribution is 0.718. The third kappa shape index (κ3) is 9.15. The van der Waals surface area contributed by atoms with Crippen molar-refractivity contribution in [2.24, 2.45) is 17.2 Å². The number of hydrogen-bond acceptors (Lipinski definition) is 4. The normalized spacial score (nSPS) is 8.00. The predicted molar refractivity (Wildman–Crippen MR) is 26.2 cm³/mol. The van der Waals surface area contributed by atoms with Crippen LogP contribution in [0, 0.1) is 0 Å². The van der Waals surface area contributed by atoms with E-state index in [4.69, 9.17) is 17.2 Å². The van der Waals surface area contributed by atoms with Crippen molar-refractivity contribution in [3.63, 3.8) is 0 Å². The molecule has 0 aromatic rings. The summed E-state index contributed by atoms with van der Waals surface area (Å²) in [5.41, 5.74) is 14.8. The minimum Gasteiger partial charge on any atom is -0.344 e. The summed E-state index contributed by atoms with van der Waals surface area (Å²) < 4.78 is 0. The van der Waals surface area contributed by atoms with E-state index in [0.29, 0.717) is 6.54 Å². The molecule has 4 nitrogen and oxygen atoms in total. The van der Waals surface area contributed by atoms with Gasteiger partial charge in [-0.3, -0.25) is 0 Å². The molecule has 0 saturated heterocycles. The van der Waals surface area contributed by atoms with Crippen molar-refractivity contribution in [3.8, 4) is 0 Å². The van der Waals surface area contributed by atoms with Crippen LogP contribution in [0.3, 0.4) is 0 Å². The minimum atomic E-state index is -0.338. The van der Waals surface area contributed by atoms with E-state index in [2.05, 4.69) is 0 Å². The van der Waals surface area contributed by atoms with E-state index in [1.807, 2.05) is 0 Å². The van der Waals surface area contributed by atoms with Crippen LogP contribution in [0.15, 0.2) is 0 Å². The zero-order chi connectivity index (χ0) is 4.28. The van der Waals surface area contributed by atoms with E-state index in [-0.39, 0.29) is 12.3 Å². The molecule has 0 rings (SSSR count). The molecule has 0 atom stereocenters. The van der Waals surface area contributed by atoms with Crippen LogP contribution < -0.4 is 23.4 Å². The smallest absolute Gasteiger partial charge is 0.0647 e. The maximum atomic E-state index is 4.94. The molecule has 4 heteroatoms. The average Bonchev–Trinajstić information content (AvgIpc) is 1.38. The lowest BCUT2D eigenvalue weighted by Crippen LogP contribution is -2.37. The highest BCUT2D eigenvalue weighted by atomic mass is 14.9. The standard InChI is InChI=1S/C2H9N3.H3N/c3-1-2(4)5;/h2H,1,3-5H2;1H3. The Morgan fingerprint density at radius 3 is 1.50 bits per heavy atom. The zero-order valence-corrected chi connectivity index (χ0v) is 3.72. The molecule has 0 aliphatic rings. The van der Waals surface area contributed by atoms with Crippen molar-refractivity contribution < 1.29 is 0 Å². The molecule has 40 valence electrons. The molecule has 6 heavy (non-hydrogen) atoms. The van der Waals surface area contributed by atoms with E-state index >= 15 is 0 Å². The highest BCUT2D eigenvalue weighted by Crippen LogP contribution is 1.43. The Morgan fingerprint density at radius 2 is 1.50 bits per heavy atom. The summed E-state index contributed by atoms with van der Waals surface area (Å²) in [5, 5.41) is 0. The van der Waals surface area contributed by atoms with E-state index in [1.54, 1.807) is 0 Å². The van der Waals surface area contributed by atoms with Crippen molar-refractivity contribution in [3.05, 3.63) is 0 Å². The zero-order valence-electron chi connectivity index (χ0n) is 3.72. The van der Waals surface area contributed by atoms with Gasteiger partial charge in [-0.1, -0.05) is 0 Å². The highest BCUT2D eigenvalue weighted by molar-refractivity contribution is 4.45. The quantitative estimate of drug-likeness (QED) is 0.290. The molecule has 0 radical (unpaired) electrons. The maximum absolute atomic E-state index is 4.94. The SMILES string of the molecule is N.NCC(N)N. The van der Waals surface area contributed by atoms with E-state index in [9.17, 15) is 0 Å². The number of hydrogen-bond donors (Lipinski definition) is 4. The summed E-state index contributed by atoms with van der Waals surface area (Å²) in [6.45, 7) is 0.361. The largest absolute Gasteiger partial charge is 0.344 e.